The second-order valence-electron chi connectivity index (χ2n) is 5.00. The third kappa shape index (κ3) is 2.72. The molecule has 5 nitrogen and oxygen atoms in total. The molecular formula is C14H17NO4S. The molecule has 1 aromatic carbocycles. The lowest BCUT2D eigenvalue weighted by Gasteiger charge is -2.13. The van der Waals surface area contributed by atoms with Crippen LogP contribution in [0.4, 0.5) is 0 Å². The first-order valence-electron chi connectivity index (χ1n) is 6.60. The molecule has 1 aromatic heterocycles. The maximum Gasteiger partial charge on any atom is 0.214 e. The summed E-state index contributed by atoms with van der Waals surface area (Å²) in [5.74, 6) is 0.632. The number of ether oxygens (including phenoxy) is 1. The van der Waals surface area contributed by atoms with Crippen molar-refractivity contribution in [3.05, 3.63) is 36.1 Å². The molecule has 1 fully saturated rings. The molecule has 1 aliphatic carbocycles. The maximum absolute atomic E-state index is 11.8. The minimum absolute atomic E-state index is 0.190. The van der Waals surface area contributed by atoms with Gasteiger partial charge in [0.25, 0.3) is 0 Å². The van der Waals surface area contributed by atoms with Crippen molar-refractivity contribution >= 4 is 21.0 Å². The normalized spacial score (nSPS) is 17.4. The number of benzene rings is 1. The monoisotopic (exact) mass is 295 g/mol. The molecule has 20 heavy (non-hydrogen) atoms. The van der Waals surface area contributed by atoms with Gasteiger partial charge in [-0.05, 0) is 25.0 Å². The van der Waals surface area contributed by atoms with Gasteiger partial charge >= 0.3 is 0 Å². The smallest absolute Gasteiger partial charge is 0.214 e. The number of furan rings is 1. The molecule has 3 rings (SSSR count). The Balaban J connectivity index is 1.75. The average molecular weight is 295 g/mol. The Bertz CT molecular complexity index is 670. The lowest BCUT2D eigenvalue weighted by molar-refractivity contribution is 0.0893. The highest BCUT2D eigenvalue weighted by molar-refractivity contribution is 7.90. The van der Waals surface area contributed by atoms with E-state index in [4.69, 9.17) is 9.15 Å². The van der Waals surface area contributed by atoms with Gasteiger partial charge < -0.3 is 9.15 Å². The summed E-state index contributed by atoms with van der Waals surface area (Å²) in [5, 5.41) is 0.755. The summed E-state index contributed by atoms with van der Waals surface area (Å²) < 4.78 is 37.3. The zero-order chi connectivity index (χ0) is 14.2. The highest BCUT2D eigenvalue weighted by Crippen LogP contribution is 2.29. The molecule has 0 spiro atoms. The van der Waals surface area contributed by atoms with Gasteiger partial charge in [0.05, 0.1) is 5.25 Å². The predicted molar refractivity (Wildman–Crippen MR) is 75.9 cm³/mol. The van der Waals surface area contributed by atoms with E-state index in [2.05, 4.69) is 4.72 Å². The first-order chi connectivity index (χ1) is 9.60. The second kappa shape index (κ2) is 5.20. The highest BCUT2D eigenvalue weighted by Gasteiger charge is 2.36. The fraction of sp³-hybridized carbons (Fsp3) is 0.429. The van der Waals surface area contributed by atoms with E-state index in [1.807, 2.05) is 30.3 Å². The molecule has 1 saturated carbocycles. The summed E-state index contributed by atoms with van der Waals surface area (Å²) in [6.45, 7) is 0.190. The van der Waals surface area contributed by atoms with Gasteiger partial charge in [0.1, 0.15) is 17.4 Å². The standard InChI is InChI=1S/C14H17NO4S/c1-18-14(9-15-20(16,17)11-6-7-11)13-8-10-4-2-3-5-12(10)19-13/h2-5,8,11,14-15H,6-7,9H2,1H3/t14-/m0/s1. The SMILES string of the molecule is CO[C@@H](CNS(=O)(=O)C1CC1)c1cc2ccccc2o1. The van der Waals surface area contributed by atoms with E-state index in [1.54, 1.807) is 7.11 Å². The Morgan fingerprint density at radius 2 is 2.15 bits per heavy atom. The number of sulfonamides is 1. The van der Waals surface area contributed by atoms with Crippen LogP contribution < -0.4 is 4.72 Å². The Hall–Kier alpha value is -1.37. The van der Waals surface area contributed by atoms with Gasteiger partial charge in [0.15, 0.2) is 0 Å². The fourth-order valence-electron chi connectivity index (χ4n) is 2.15. The molecule has 1 aliphatic rings. The lowest BCUT2D eigenvalue weighted by Crippen LogP contribution is -2.31. The van der Waals surface area contributed by atoms with Crippen molar-refractivity contribution in [2.75, 3.05) is 13.7 Å². The summed E-state index contributed by atoms with van der Waals surface area (Å²) in [6, 6.07) is 9.53. The van der Waals surface area contributed by atoms with Crippen LogP contribution in [0.5, 0.6) is 0 Å². The molecule has 2 aromatic rings. The van der Waals surface area contributed by atoms with E-state index in [-0.39, 0.29) is 11.8 Å². The molecule has 0 radical (unpaired) electrons. The van der Waals surface area contributed by atoms with Crippen LogP contribution in [0, 0.1) is 0 Å². The van der Waals surface area contributed by atoms with Gasteiger partial charge in [0.2, 0.25) is 10.0 Å². The van der Waals surface area contributed by atoms with Crippen LogP contribution in [0.2, 0.25) is 0 Å². The molecule has 1 heterocycles. The Morgan fingerprint density at radius 3 is 2.80 bits per heavy atom. The van der Waals surface area contributed by atoms with Crippen molar-refractivity contribution < 1.29 is 17.6 Å². The summed E-state index contributed by atoms with van der Waals surface area (Å²) >= 11 is 0. The quantitative estimate of drug-likeness (QED) is 0.887. The second-order valence-corrected chi connectivity index (χ2v) is 7.05. The fourth-order valence-corrected chi connectivity index (χ4v) is 3.53. The molecule has 0 amide bonds. The predicted octanol–water partition coefficient (Wildman–Crippen LogP) is 2.20. The molecule has 1 N–H and O–H groups in total. The van der Waals surface area contributed by atoms with Crippen LogP contribution in [0.25, 0.3) is 11.0 Å². The van der Waals surface area contributed by atoms with Crippen molar-refractivity contribution in [2.24, 2.45) is 0 Å². The van der Waals surface area contributed by atoms with E-state index in [1.165, 1.54) is 0 Å². The molecule has 0 unspecified atom stereocenters. The number of rotatable bonds is 6. The van der Waals surface area contributed by atoms with E-state index in [0.717, 1.165) is 23.8 Å². The largest absolute Gasteiger partial charge is 0.458 e. The summed E-state index contributed by atoms with van der Waals surface area (Å²) in [5.41, 5.74) is 0.773. The molecular weight excluding hydrogens is 278 g/mol. The number of hydrogen-bond acceptors (Lipinski definition) is 4. The molecule has 0 bridgehead atoms. The number of methoxy groups -OCH3 is 1. The van der Waals surface area contributed by atoms with Gasteiger partial charge in [-0.15, -0.1) is 0 Å². The summed E-state index contributed by atoms with van der Waals surface area (Å²) in [6.07, 6.45) is 1.07. The first-order valence-corrected chi connectivity index (χ1v) is 8.14. The minimum atomic E-state index is -3.20. The molecule has 108 valence electrons. The zero-order valence-electron chi connectivity index (χ0n) is 11.2. The molecule has 1 atom stereocenters. The maximum atomic E-state index is 11.8. The number of nitrogens with one attached hydrogen (secondary N) is 1. The average Bonchev–Trinajstić information content (AvgIpc) is 3.20. The third-order valence-corrected chi connectivity index (χ3v) is 5.40. The van der Waals surface area contributed by atoms with Crippen LogP contribution in [-0.4, -0.2) is 27.3 Å². The van der Waals surface area contributed by atoms with Crippen LogP contribution in [-0.2, 0) is 14.8 Å². The zero-order valence-corrected chi connectivity index (χ0v) is 12.0. The third-order valence-electron chi connectivity index (χ3n) is 3.48. The van der Waals surface area contributed by atoms with Gasteiger partial charge in [-0.2, -0.15) is 0 Å². The Labute approximate surface area is 118 Å². The number of fused-ring (bicyclic) bond motifs is 1. The van der Waals surface area contributed by atoms with Crippen molar-refractivity contribution in [2.45, 2.75) is 24.2 Å². The Morgan fingerprint density at radius 1 is 1.40 bits per heavy atom. The van der Waals surface area contributed by atoms with E-state index in [0.29, 0.717) is 5.76 Å². The van der Waals surface area contributed by atoms with Crippen LogP contribution in [0.15, 0.2) is 34.7 Å². The van der Waals surface area contributed by atoms with Crippen molar-refractivity contribution in [3.8, 4) is 0 Å². The van der Waals surface area contributed by atoms with E-state index in [9.17, 15) is 8.42 Å². The molecule has 0 aliphatic heterocycles. The van der Waals surface area contributed by atoms with Crippen molar-refractivity contribution in [1.82, 2.24) is 4.72 Å². The minimum Gasteiger partial charge on any atom is -0.458 e. The van der Waals surface area contributed by atoms with Gasteiger partial charge in [-0.1, -0.05) is 18.2 Å². The first kappa shape index (κ1) is 13.6. The number of para-hydroxylation sites is 1. The van der Waals surface area contributed by atoms with E-state index < -0.39 is 16.1 Å². The van der Waals surface area contributed by atoms with E-state index >= 15 is 0 Å². The van der Waals surface area contributed by atoms with Crippen LogP contribution in [0.3, 0.4) is 0 Å². The highest BCUT2D eigenvalue weighted by atomic mass is 32.2. The lowest BCUT2D eigenvalue weighted by atomic mass is 10.2. The van der Waals surface area contributed by atoms with Crippen LogP contribution >= 0.6 is 0 Å². The van der Waals surface area contributed by atoms with Crippen LogP contribution in [0.1, 0.15) is 24.7 Å². The summed E-state index contributed by atoms with van der Waals surface area (Å²) in [4.78, 5) is 0. The summed E-state index contributed by atoms with van der Waals surface area (Å²) in [7, 11) is -1.66. The molecule has 0 saturated heterocycles. The van der Waals surface area contributed by atoms with Gasteiger partial charge in [0, 0.05) is 19.0 Å². The Kier molecular flexibility index (Phi) is 3.54. The topological polar surface area (TPSA) is 68.5 Å². The molecule has 6 heteroatoms. The van der Waals surface area contributed by atoms with Gasteiger partial charge in [-0.25, -0.2) is 13.1 Å². The van der Waals surface area contributed by atoms with Crippen molar-refractivity contribution in [3.63, 3.8) is 0 Å². The van der Waals surface area contributed by atoms with Gasteiger partial charge in [-0.3, -0.25) is 0 Å². The number of hydrogen-bond donors (Lipinski definition) is 1. The van der Waals surface area contributed by atoms with Crippen molar-refractivity contribution in [1.29, 1.82) is 0 Å².